The number of hydrogen-bond acceptors (Lipinski definition) is 3. The number of anilines is 3. The van der Waals surface area contributed by atoms with Crippen molar-refractivity contribution >= 4 is 34.0 Å². The maximum Gasteiger partial charge on any atom is 0.307 e. The molecule has 0 aliphatic heterocycles. The minimum atomic E-state index is 0.581. The molecular weight excluding hydrogens is 526 g/mol. The van der Waals surface area contributed by atoms with Gasteiger partial charge in [-0.2, -0.15) is 4.98 Å². The maximum absolute atomic E-state index is 6.23. The minimum absolute atomic E-state index is 0.581. The molecule has 204 valence electrons. The fourth-order valence-electron chi connectivity index (χ4n) is 5.81. The molecule has 0 bridgehead atoms. The zero-order chi connectivity index (χ0) is 28.6. The first-order chi connectivity index (χ1) is 21.3. The molecule has 4 nitrogen and oxygen atoms in total. The predicted octanol–water partition coefficient (Wildman–Crippen LogP) is 10.6. The molecule has 8 aromatic rings. The molecule has 6 aromatic carbocycles. The molecule has 0 radical (unpaired) electrons. The van der Waals surface area contributed by atoms with Crippen LogP contribution in [0.4, 0.5) is 17.1 Å². The van der Waals surface area contributed by atoms with E-state index in [2.05, 4.69) is 137 Å². The van der Waals surface area contributed by atoms with Gasteiger partial charge in [-0.1, -0.05) is 115 Å². The molecule has 2 heterocycles. The highest BCUT2D eigenvalue weighted by Gasteiger charge is 2.22. The fourth-order valence-corrected chi connectivity index (χ4v) is 5.81. The van der Waals surface area contributed by atoms with E-state index in [9.17, 15) is 0 Å². The summed E-state index contributed by atoms with van der Waals surface area (Å²) in [4.78, 5) is 7.31. The van der Waals surface area contributed by atoms with Crippen molar-refractivity contribution in [2.24, 2.45) is 0 Å². The van der Waals surface area contributed by atoms with Crippen LogP contribution in [0.1, 0.15) is 0 Å². The van der Waals surface area contributed by atoms with Crippen molar-refractivity contribution in [1.29, 1.82) is 0 Å². The first-order valence-electron chi connectivity index (χ1n) is 14.4. The van der Waals surface area contributed by atoms with E-state index in [4.69, 9.17) is 9.40 Å². The molecule has 8 rings (SSSR count). The van der Waals surface area contributed by atoms with Gasteiger partial charge in [-0.3, -0.25) is 4.40 Å². The van der Waals surface area contributed by atoms with Gasteiger partial charge in [0, 0.05) is 28.2 Å². The number of benzene rings is 6. The quantitative estimate of drug-likeness (QED) is 0.205. The molecule has 0 atom stereocenters. The summed E-state index contributed by atoms with van der Waals surface area (Å²) >= 11 is 0. The Balaban J connectivity index is 1.27. The summed E-state index contributed by atoms with van der Waals surface area (Å²) in [6, 6.07) is 56.8. The van der Waals surface area contributed by atoms with E-state index in [0.717, 1.165) is 50.7 Å². The molecule has 0 fully saturated rings. The summed E-state index contributed by atoms with van der Waals surface area (Å²) in [6.07, 6.45) is 0. The lowest BCUT2D eigenvalue weighted by molar-refractivity contribution is 0.642. The average molecular weight is 554 g/mol. The normalized spacial score (nSPS) is 11.3. The van der Waals surface area contributed by atoms with E-state index >= 15 is 0 Å². The molecule has 0 N–H and O–H groups in total. The Morgan fingerprint density at radius 3 is 1.58 bits per heavy atom. The van der Waals surface area contributed by atoms with Crippen molar-refractivity contribution in [2.75, 3.05) is 4.90 Å². The first-order valence-corrected chi connectivity index (χ1v) is 14.4. The van der Waals surface area contributed by atoms with Crippen LogP contribution >= 0.6 is 0 Å². The highest BCUT2D eigenvalue weighted by Crippen LogP contribution is 2.39. The number of hydrogen-bond donors (Lipinski definition) is 0. The summed E-state index contributed by atoms with van der Waals surface area (Å²) in [5.41, 5.74) is 11.4. The van der Waals surface area contributed by atoms with Crippen molar-refractivity contribution in [1.82, 2.24) is 9.38 Å². The van der Waals surface area contributed by atoms with E-state index in [0.29, 0.717) is 5.84 Å². The van der Waals surface area contributed by atoms with Gasteiger partial charge in [0.1, 0.15) is 5.69 Å². The number of fused-ring (bicyclic) bond motifs is 3. The fraction of sp³-hybridized carbons (Fsp3) is 0. The number of nitrogens with zero attached hydrogens (tertiary/aromatic N) is 3. The van der Waals surface area contributed by atoms with E-state index in [1.807, 2.05) is 36.4 Å². The molecule has 0 saturated carbocycles. The van der Waals surface area contributed by atoms with Crippen LogP contribution < -0.4 is 4.90 Å². The minimum Gasteiger partial charge on any atom is -0.423 e. The van der Waals surface area contributed by atoms with Crippen LogP contribution in [0, 0.1) is 0 Å². The third kappa shape index (κ3) is 4.46. The monoisotopic (exact) mass is 553 g/mol. The smallest absolute Gasteiger partial charge is 0.307 e. The van der Waals surface area contributed by atoms with Crippen LogP contribution in [0.5, 0.6) is 0 Å². The molecule has 0 aliphatic rings. The van der Waals surface area contributed by atoms with Gasteiger partial charge in [0.2, 0.25) is 0 Å². The largest absolute Gasteiger partial charge is 0.423 e. The SMILES string of the molecule is c1ccc(-c2ccc(-c3nc4oc5ccccc5n4c3-c3ccc(N(c4ccccc4)c4ccccc4)cc3)cc2)cc1. The van der Waals surface area contributed by atoms with Gasteiger partial charge in [0.25, 0.3) is 0 Å². The average Bonchev–Trinajstić information content (AvgIpc) is 3.63. The lowest BCUT2D eigenvalue weighted by Crippen LogP contribution is -2.09. The topological polar surface area (TPSA) is 33.7 Å². The standard InChI is InChI=1S/C39H27N3O/c1-4-12-28(13-5-1)29-20-22-30(23-21-29)37-38(42-35-18-10-11-19-36(35)43-39(42)40-37)31-24-26-34(27-25-31)41(32-14-6-2-7-15-32)33-16-8-3-9-17-33/h1-27H. The van der Waals surface area contributed by atoms with Crippen LogP contribution in [0.3, 0.4) is 0 Å². The second-order valence-corrected chi connectivity index (χ2v) is 10.5. The zero-order valence-electron chi connectivity index (χ0n) is 23.3. The van der Waals surface area contributed by atoms with Crippen molar-refractivity contribution < 1.29 is 4.42 Å². The molecule has 0 unspecified atom stereocenters. The van der Waals surface area contributed by atoms with Gasteiger partial charge in [0.05, 0.1) is 11.2 Å². The molecule has 4 heteroatoms. The second kappa shape index (κ2) is 10.5. The van der Waals surface area contributed by atoms with Crippen molar-refractivity contribution in [3.63, 3.8) is 0 Å². The summed E-state index contributed by atoms with van der Waals surface area (Å²) in [7, 11) is 0. The van der Waals surface area contributed by atoms with Gasteiger partial charge in [-0.25, -0.2) is 0 Å². The summed E-state index contributed by atoms with van der Waals surface area (Å²) < 4.78 is 8.37. The van der Waals surface area contributed by atoms with Crippen molar-refractivity contribution in [2.45, 2.75) is 0 Å². The Hall–Kier alpha value is -5.87. The van der Waals surface area contributed by atoms with Crippen LogP contribution in [0.15, 0.2) is 168 Å². The van der Waals surface area contributed by atoms with Gasteiger partial charge in [-0.05, 0) is 59.7 Å². The van der Waals surface area contributed by atoms with Gasteiger partial charge in [-0.15, -0.1) is 0 Å². The molecule has 0 spiro atoms. The third-order valence-electron chi connectivity index (χ3n) is 7.85. The van der Waals surface area contributed by atoms with Crippen molar-refractivity contribution in [3.8, 4) is 33.6 Å². The van der Waals surface area contributed by atoms with Gasteiger partial charge < -0.3 is 9.32 Å². The Bertz CT molecular complexity index is 2110. The van der Waals surface area contributed by atoms with Crippen LogP contribution in [-0.2, 0) is 0 Å². The highest BCUT2D eigenvalue weighted by molar-refractivity contribution is 5.89. The molecular formula is C39H27N3O. The van der Waals surface area contributed by atoms with E-state index in [1.54, 1.807) is 0 Å². The molecule has 0 aliphatic carbocycles. The highest BCUT2D eigenvalue weighted by atomic mass is 16.4. The van der Waals surface area contributed by atoms with Crippen LogP contribution in [0.25, 0.3) is 50.6 Å². The Labute approximate surface area is 249 Å². The molecule has 2 aromatic heterocycles. The number of imidazole rings is 1. The summed E-state index contributed by atoms with van der Waals surface area (Å²) in [5, 5.41) is 0. The number of para-hydroxylation sites is 4. The maximum atomic E-state index is 6.23. The van der Waals surface area contributed by atoms with E-state index in [1.165, 1.54) is 11.1 Å². The molecule has 0 saturated heterocycles. The van der Waals surface area contributed by atoms with Gasteiger partial charge >= 0.3 is 5.84 Å². The predicted molar refractivity (Wildman–Crippen MR) is 176 cm³/mol. The third-order valence-corrected chi connectivity index (χ3v) is 7.85. The Morgan fingerprint density at radius 1 is 0.442 bits per heavy atom. The first kappa shape index (κ1) is 24.9. The van der Waals surface area contributed by atoms with Crippen molar-refractivity contribution in [3.05, 3.63) is 164 Å². The zero-order valence-corrected chi connectivity index (χ0v) is 23.3. The number of aromatic nitrogens is 2. The lowest BCUT2D eigenvalue weighted by atomic mass is 10.0. The number of rotatable bonds is 6. The van der Waals surface area contributed by atoms with E-state index in [-0.39, 0.29) is 0 Å². The van der Waals surface area contributed by atoms with E-state index < -0.39 is 0 Å². The second-order valence-electron chi connectivity index (χ2n) is 10.5. The Morgan fingerprint density at radius 2 is 0.930 bits per heavy atom. The van der Waals surface area contributed by atoms with Gasteiger partial charge in [0.15, 0.2) is 5.58 Å². The molecule has 0 amide bonds. The van der Waals surface area contributed by atoms with Crippen LogP contribution in [-0.4, -0.2) is 9.38 Å². The Kier molecular flexibility index (Phi) is 6.08. The lowest BCUT2D eigenvalue weighted by Gasteiger charge is -2.25. The molecule has 43 heavy (non-hydrogen) atoms. The summed E-state index contributed by atoms with van der Waals surface area (Å²) in [6.45, 7) is 0. The number of oxazole rings is 1. The summed E-state index contributed by atoms with van der Waals surface area (Å²) in [5.74, 6) is 0.581. The van der Waals surface area contributed by atoms with Crippen LogP contribution in [0.2, 0.25) is 0 Å².